The van der Waals surface area contributed by atoms with E-state index < -0.39 is 10.1 Å². The summed E-state index contributed by atoms with van der Waals surface area (Å²) in [6.07, 6.45) is 4.82. The van der Waals surface area contributed by atoms with E-state index in [9.17, 15) is 13.2 Å². The molecule has 3 aromatic rings. The van der Waals surface area contributed by atoms with Crippen molar-refractivity contribution in [2.45, 2.75) is 39.0 Å². The molecule has 0 spiro atoms. The highest BCUT2D eigenvalue weighted by atomic mass is 32.2. The topological polar surface area (TPSA) is 101 Å². The number of aromatic amines is 1. The fourth-order valence-electron chi connectivity index (χ4n) is 5.00. The minimum Gasteiger partial charge on any atom is -0.382 e. The predicted octanol–water partition coefficient (Wildman–Crippen LogP) is 3.55. The quantitative estimate of drug-likeness (QED) is 0.499. The summed E-state index contributed by atoms with van der Waals surface area (Å²) in [5.74, 6) is -0.0851. The number of ether oxygens (including phenoxy) is 1. The molecule has 2 aliphatic rings. The van der Waals surface area contributed by atoms with Crippen molar-refractivity contribution in [2.24, 2.45) is 0 Å². The van der Waals surface area contributed by atoms with Crippen LogP contribution >= 0.6 is 0 Å². The standard InChI is InChI=1S/C25H29N3O5S/c1-32-15-18-11-19(23-20(13-26-25(23)29)24(18)33-34(2,30)31)22-12-17-10-16(6-7-21(17)27-22)14-28-8-4-3-5-9-28/h6-7,10-12,27H,3-5,8-9,13-15H2,1-2H3,(H,26,29). The van der Waals surface area contributed by atoms with Crippen LogP contribution in [-0.2, 0) is 34.6 Å². The number of hydrogen-bond acceptors (Lipinski definition) is 6. The fraction of sp³-hybridized carbons (Fsp3) is 0.400. The smallest absolute Gasteiger partial charge is 0.306 e. The third-order valence-electron chi connectivity index (χ3n) is 6.47. The van der Waals surface area contributed by atoms with Gasteiger partial charge in [0.2, 0.25) is 0 Å². The Kier molecular flexibility index (Phi) is 6.09. The largest absolute Gasteiger partial charge is 0.382 e. The summed E-state index contributed by atoms with van der Waals surface area (Å²) in [7, 11) is -2.24. The van der Waals surface area contributed by atoms with Crippen molar-refractivity contribution in [3.05, 3.63) is 52.6 Å². The highest BCUT2D eigenvalue weighted by Gasteiger charge is 2.31. The maximum Gasteiger partial charge on any atom is 0.306 e. The molecule has 5 rings (SSSR count). The van der Waals surface area contributed by atoms with Crippen molar-refractivity contribution >= 4 is 26.9 Å². The molecule has 1 aromatic heterocycles. The number of amides is 1. The minimum atomic E-state index is -3.78. The lowest BCUT2D eigenvalue weighted by Crippen LogP contribution is -2.28. The lowest BCUT2D eigenvalue weighted by molar-refractivity contribution is 0.0966. The van der Waals surface area contributed by atoms with Crippen LogP contribution in [0.15, 0.2) is 30.3 Å². The molecule has 2 aliphatic heterocycles. The summed E-state index contributed by atoms with van der Waals surface area (Å²) in [6.45, 7) is 3.57. The monoisotopic (exact) mass is 483 g/mol. The summed E-state index contributed by atoms with van der Waals surface area (Å²) < 4.78 is 34.4. The molecule has 180 valence electrons. The number of nitrogens with one attached hydrogen (secondary N) is 2. The number of methoxy groups -OCH3 is 1. The van der Waals surface area contributed by atoms with E-state index in [0.29, 0.717) is 22.3 Å². The Morgan fingerprint density at radius 1 is 1.09 bits per heavy atom. The van der Waals surface area contributed by atoms with E-state index in [4.69, 9.17) is 8.92 Å². The fourth-order valence-corrected chi connectivity index (χ4v) is 5.51. The number of likely N-dealkylation sites (tertiary alicyclic amines) is 1. The number of aromatic nitrogens is 1. The molecule has 3 heterocycles. The third-order valence-corrected chi connectivity index (χ3v) is 6.94. The zero-order valence-electron chi connectivity index (χ0n) is 19.4. The van der Waals surface area contributed by atoms with Gasteiger partial charge in [0.05, 0.1) is 18.4 Å². The molecule has 1 saturated heterocycles. The summed E-state index contributed by atoms with van der Waals surface area (Å²) in [5.41, 5.74) is 5.27. The normalized spacial score (nSPS) is 16.6. The molecule has 2 N–H and O–H groups in total. The first-order chi connectivity index (χ1) is 16.3. The summed E-state index contributed by atoms with van der Waals surface area (Å²) in [6, 6.07) is 10.3. The van der Waals surface area contributed by atoms with Gasteiger partial charge in [0.15, 0.2) is 5.75 Å². The lowest BCUT2D eigenvalue weighted by atomic mass is 9.96. The van der Waals surface area contributed by atoms with Crippen molar-refractivity contribution in [3.63, 3.8) is 0 Å². The van der Waals surface area contributed by atoms with Gasteiger partial charge >= 0.3 is 10.1 Å². The van der Waals surface area contributed by atoms with Gasteiger partial charge in [-0.25, -0.2) is 0 Å². The maximum atomic E-state index is 12.8. The lowest BCUT2D eigenvalue weighted by Gasteiger charge is -2.26. The summed E-state index contributed by atoms with van der Waals surface area (Å²) >= 11 is 0. The van der Waals surface area contributed by atoms with Crippen molar-refractivity contribution in [2.75, 3.05) is 26.5 Å². The van der Waals surface area contributed by atoms with Crippen molar-refractivity contribution in [1.29, 1.82) is 0 Å². The molecular formula is C25H29N3O5S. The van der Waals surface area contributed by atoms with Gasteiger partial charge in [0, 0.05) is 53.5 Å². The number of piperidine rings is 1. The van der Waals surface area contributed by atoms with Crippen LogP contribution in [0.25, 0.3) is 22.2 Å². The molecule has 1 fully saturated rings. The predicted molar refractivity (Wildman–Crippen MR) is 130 cm³/mol. The zero-order chi connectivity index (χ0) is 23.9. The highest BCUT2D eigenvalue weighted by Crippen LogP contribution is 2.39. The van der Waals surface area contributed by atoms with E-state index in [1.165, 1.54) is 31.9 Å². The van der Waals surface area contributed by atoms with Crippen molar-refractivity contribution < 1.29 is 22.1 Å². The van der Waals surface area contributed by atoms with Gasteiger partial charge in [-0.1, -0.05) is 12.5 Å². The molecule has 0 radical (unpaired) electrons. The average molecular weight is 484 g/mol. The Hall–Kier alpha value is -2.88. The Bertz CT molecular complexity index is 1360. The number of carbonyl (C=O) groups is 1. The van der Waals surface area contributed by atoms with Crippen molar-refractivity contribution in [3.8, 4) is 17.0 Å². The number of benzene rings is 2. The molecule has 0 unspecified atom stereocenters. The first kappa shape index (κ1) is 22.9. The van der Waals surface area contributed by atoms with Crippen LogP contribution in [0.4, 0.5) is 0 Å². The first-order valence-electron chi connectivity index (χ1n) is 11.5. The van der Waals surface area contributed by atoms with Crippen LogP contribution in [0, 0.1) is 0 Å². The average Bonchev–Trinajstić information content (AvgIpc) is 3.39. The van der Waals surface area contributed by atoms with Crippen LogP contribution in [0.2, 0.25) is 0 Å². The van der Waals surface area contributed by atoms with E-state index in [0.717, 1.165) is 42.5 Å². The number of rotatable bonds is 7. The minimum absolute atomic E-state index is 0.152. The van der Waals surface area contributed by atoms with Gasteiger partial charge in [-0.15, -0.1) is 0 Å². The van der Waals surface area contributed by atoms with E-state index >= 15 is 0 Å². The highest BCUT2D eigenvalue weighted by molar-refractivity contribution is 7.86. The van der Waals surface area contributed by atoms with Crippen LogP contribution in [0.3, 0.4) is 0 Å². The van der Waals surface area contributed by atoms with Crippen LogP contribution in [0.1, 0.15) is 46.3 Å². The van der Waals surface area contributed by atoms with Gasteiger partial charge in [0.1, 0.15) is 0 Å². The van der Waals surface area contributed by atoms with E-state index in [2.05, 4.69) is 33.4 Å². The van der Waals surface area contributed by atoms with Crippen LogP contribution in [-0.4, -0.2) is 50.7 Å². The van der Waals surface area contributed by atoms with Crippen LogP contribution in [0.5, 0.6) is 5.75 Å². The second-order valence-corrected chi connectivity index (χ2v) is 10.7. The molecule has 34 heavy (non-hydrogen) atoms. The number of H-pyrrole nitrogens is 1. The summed E-state index contributed by atoms with van der Waals surface area (Å²) in [4.78, 5) is 18.7. The van der Waals surface area contributed by atoms with Crippen molar-refractivity contribution in [1.82, 2.24) is 15.2 Å². The molecule has 0 atom stereocenters. The van der Waals surface area contributed by atoms with Gasteiger partial charge in [-0.2, -0.15) is 8.42 Å². The molecule has 0 saturated carbocycles. The second kappa shape index (κ2) is 9.05. The zero-order valence-corrected chi connectivity index (χ0v) is 20.3. The molecule has 0 bridgehead atoms. The Morgan fingerprint density at radius 2 is 1.88 bits per heavy atom. The first-order valence-corrected chi connectivity index (χ1v) is 13.3. The van der Waals surface area contributed by atoms with Crippen LogP contribution < -0.4 is 9.50 Å². The Balaban J connectivity index is 1.57. The molecule has 2 aromatic carbocycles. The SMILES string of the molecule is COCc1cc(-c2cc3cc(CN4CCCCC4)ccc3[nH]2)c2c(c1OS(C)(=O)=O)CNC2=O. The third kappa shape index (κ3) is 4.55. The van der Waals surface area contributed by atoms with Gasteiger partial charge in [-0.3, -0.25) is 9.69 Å². The number of fused-ring (bicyclic) bond motifs is 2. The second-order valence-electron chi connectivity index (χ2n) is 9.11. The van der Waals surface area contributed by atoms with E-state index in [-0.39, 0.29) is 24.8 Å². The Morgan fingerprint density at radius 3 is 2.62 bits per heavy atom. The molecular weight excluding hydrogens is 454 g/mol. The number of hydrogen-bond donors (Lipinski definition) is 2. The van der Waals surface area contributed by atoms with Gasteiger partial charge < -0.3 is 19.2 Å². The Labute approximate surface area is 199 Å². The van der Waals surface area contributed by atoms with Gasteiger partial charge in [-0.05, 0) is 55.8 Å². The molecule has 9 heteroatoms. The van der Waals surface area contributed by atoms with Gasteiger partial charge in [0.25, 0.3) is 5.91 Å². The van der Waals surface area contributed by atoms with E-state index in [1.807, 2.05) is 6.07 Å². The molecule has 1 amide bonds. The molecule has 0 aliphatic carbocycles. The molecule has 8 nitrogen and oxygen atoms in total. The maximum absolute atomic E-state index is 12.8. The number of carbonyl (C=O) groups excluding carboxylic acids is 1. The summed E-state index contributed by atoms with van der Waals surface area (Å²) in [5, 5.41) is 3.88. The van der Waals surface area contributed by atoms with E-state index in [1.54, 1.807) is 6.07 Å². The number of nitrogens with zero attached hydrogens (tertiary/aromatic N) is 1.